The minimum atomic E-state index is -4.04. The van der Waals surface area contributed by atoms with E-state index in [0.29, 0.717) is 0 Å². The lowest BCUT2D eigenvalue weighted by Gasteiger charge is -2.13. The predicted molar refractivity (Wildman–Crippen MR) is 112 cm³/mol. The third kappa shape index (κ3) is 6.86. The molecule has 168 valence electrons. The van der Waals surface area contributed by atoms with Crippen LogP contribution in [-0.2, 0) is 19.6 Å². The molecule has 0 spiro atoms. The fourth-order valence-electron chi connectivity index (χ4n) is 2.23. The highest BCUT2D eigenvalue weighted by molar-refractivity contribution is 7.89. The van der Waals surface area contributed by atoms with Gasteiger partial charge in [0.05, 0.1) is 21.3 Å². The smallest absolute Gasteiger partial charge is 0.340 e. The molecule has 0 saturated carbocycles. The van der Waals surface area contributed by atoms with Crippen LogP contribution < -0.4 is 10.0 Å². The molecule has 0 aliphatic carbocycles. The van der Waals surface area contributed by atoms with Crippen LogP contribution in [0, 0.1) is 17.6 Å². The second kappa shape index (κ2) is 10.4. The summed E-state index contributed by atoms with van der Waals surface area (Å²) in [5, 5.41) is 1.64. The first kappa shape index (κ1) is 25.0. The van der Waals surface area contributed by atoms with E-state index in [4.69, 9.17) is 27.9 Å². The SMILES string of the molecule is CC(C)CNS(=O)(=O)c1cc(C(=O)OCC(=O)Nc2cc(F)ccc2F)c(Cl)cc1Cl. The van der Waals surface area contributed by atoms with E-state index in [1.165, 1.54) is 0 Å². The van der Waals surface area contributed by atoms with Gasteiger partial charge in [-0.25, -0.2) is 26.7 Å². The Bertz CT molecular complexity index is 1110. The molecular weight excluding hydrogens is 477 g/mol. The fourth-order valence-corrected chi connectivity index (χ4v) is 4.30. The Morgan fingerprint density at radius 2 is 1.77 bits per heavy atom. The van der Waals surface area contributed by atoms with E-state index in [1.54, 1.807) is 13.8 Å². The third-order valence-corrected chi connectivity index (χ3v) is 5.95. The van der Waals surface area contributed by atoms with E-state index in [9.17, 15) is 26.8 Å². The lowest BCUT2D eigenvalue weighted by Crippen LogP contribution is -2.28. The summed E-state index contributed by atoms with van der Waals surface area (Å²) in [6.45, 7) is 2.88. The number of esters is 1. The van der Waals surface area contributed by atoms with Crippen molar-refractivity contribution in [1.82, 2.24) is 4.72 Å². The first-order valence-electron chi connectivity index (χ1n) is 8.81. The largest absolute Gasteiger partial charge is 0.452 e. The van der Waals surface area contributed by atoms with E-state index < -0.39 is 50.7 Å². The zero-order chi connectivity index (χ0) is 23.3. The first-order chi connectivity index (χ1) is 14.4. The van der Waals surface area contributed by atoms with Crippen LogP contribution in [0.3, 0.4) is 0 Å². The Labute approximate surface area is 187 Å². The summed E-state index contributed by atoms with van der Waals surface area (Å²) in [6, 6.07) is 4.44. The van der Waals surface area contributed by atoms with Crippen molar-refractivity contribution in [3.05, 3.63) is 57.6 Å². The second-order valence-corrected chi connectivity index (χ2v) is 9.31. The highest BCUT2D eigenvalue weighted by atomic mass is 35.5. The maximum atomic E-state index is 13.6. The Kier molecular flexibility index (Phi) is 8.35. The standard InChI is InChI=1S/C19H18Cl2F2N2O5S/c1-10(2)8-24-31(28,29)17-6-12(13(20)7-14(17)21)19(27)30-9-18(26)25-16-5-11(22)3-4-15(16)23/h3-7,10,24H,8-9H2,1-2H3,(H,25,26). The van der Waals surface area contributed by atoms with E-state index in [-0.39, 0.29) is 28.1 Å². The molecule has 31 heavy (non-hydrogen) atoms. The van der Waals surface area contributed by atoms with Gasteiger partial charge in [-0.1, -0.05) is 37.0 Å². The van der Waals surface area contributed by atoms with Crippen molar-refractivity contribution in [2.45, 2.75) is 18.7 Å². The van der Waals surface area contributed by atoms with Crippen LogP contribution in [0.1, 0.15) is 24.2 Å². The number of hydrogen-bond acceptors (Lipinski definition) is 5. The normalized spacial score (nSPS) is 11.5. The molecular formula is C19H18Cl2F2N2O5S. The molecule has 0 fully saturated rings. The van der Waals surface area contributed by atoms with Crippen LogP contribution in [0.25, 0.3) is 0 Å². The lowest BCUT2D eigenvalue weighted by atomic mass is 10.2. The summed E-state index contributed by atoms with van der Waals surface area (Å²) < 4.78 is 58.8. The zero-order valence-corrected chi connectivity index (χ0v) is 18.7. The summed E-state index contributed by atoms with van der Waals surface area (Å²) in [5.41, 5.74) is -0.782. The van der Waals surface area contributed by atoms with Crippen molar-refractivity contribution in [2.24, 2.45) is 5.92 Å². The Morgan fingerprint density at radius 1 is 1.10 bits per heavy atom. The summed E-state index contributed by atoms with van der Waals surface area (Å²) in [4.78, 5) is 23.8. The maximum Gasteiger partial charge on any atom is 0.340 e. The Morgan fingerprint density at radius 3 is 2.42 bits per heavy atom. The molecule has 12 heteroatoms. The van der Waals surface area contributed by atoms with Gasteiger partial charge in [-0.2, -0.15) is 0 Å². The number of anilines is 1. The van der Waals surface area contributed by atoms with Crippen molar-refractivity contribution in [3.8, 4) is 0 Å². The topological polar surface area (TPSA) is 102 Å². The number of nitrogens with one attached hydrogen (secondary N) is 2. The number of carbonyl (C=O) groups is 2. The van der Waals surface area contributed by atoms with Gasteiger partial charge in [-0.05, 0) is 30.2 Å². The van der Waals surface area contributed by atoms with Crippen LogP contribution in [0.4, 0.5) is 14.5 Å². The van der Waals surface area contributed by atoms with Gasteiger partial charge in [-0.15, -0.1) is 0 Å². The molecule has 0 aliphatic heterocycles. The molecule has 1 amide bonds. The molecule has 2 rings (SSSR count). The molecule has 0 aliphatic rings. The number of amides is 1. The minimum absolute atomic E-state index is 0.0201. The van der Waals surface area contributed by atoms with Gasteiger partial charge in [0.15, 0.2) is 6.61 Å². The summed E-state index contributed by atoms with van der Waals surface area (Å²) >= 11 is 11.9. The lowest BCUT2D eigenvalue weighted by molar-refractivity contribution is -0.119. The molecule has 2 aromatic rings. The van der Waals surface area contributed by atoms with E-state index in [0.717, 1.165) is 30.3 Å². The molecule has 0 radical (unpaired) electrons. The van der Waals surface area contributed by atoms with Crippen LogP contribution in [0.2, 0.25) is 10.0 Å². The van der Waals surface area contributed by atoms with Gasteiger partial charge >= 0.3 is 5.97 Å². The number of ether oxygens (including phenoxy) is 1. The minimum Gasteiger partial charge on any atom is -0.452 e. The van der Waals surface area contributed by atoms with Crippen LogP contribution in [0.5, 0.6) is 0 Å². The van der Waals surface area contributed by atoms with Crippen molar-refractivity contribution in [1.29, 1.82) is 0 Å². The monoisotopic (exact) mass is 494 g/mol. The highest BCUT2D eigenvalue weighted by Crippen LogP contribution is 2.29. The highest BCUT2D eigenvalue weighted by Gasteiger charge is 2.24. The van der Waals surface area contributed by atoms with Gasteiger partial charge < -0.3 is 10.1 Å². The van der Waals surface area contributed by atoms with Crippen molar-refractivity contribution >= 4 is 50.8 Å². The average Bonchev–Trinajstić information content (AvgIpc) is 2.67. The quantitative estimate of drug-likeness (QED) is 0.540. The number of benzene rings is 2. The molecule has 7 nitrogen and oxygen atoms in total. The van der Waals surface area contributed by atoms with Gasteiger partial charge in [0.2, 0.25) is 10.0 Å². The molecule has 2 N–H and O–H groups in total. The molecule has 0 atom stereocenters. The van der Waals surface area contributed by atoms with Gasteiger partial charge in [0.25, 0.3) is 5.91 Å². The molecule has 0 heterocycles. The first-order valence-corrected chi connectivity index (χ1v) is 11.1. The van der Waals surface area contributed by atoms with Crippen molar-refractivity contribution < 1.29 is 31.5 Å². The Balaban J connectivity index is 2.14. The third-order valence-electron chi connectivity index (χ3n) is 3.75. The van der Waals surface area contributed by atoms with Crippen LogP contribution in [-0.4, -0.2) is 33.4 Å². The second-order valence-electron chi connectivity index (χ2n) is 6.76. The number of hydrogen-bond donors (Lipinski definition) is 2. The number of sulfonamides is 1. The average molecular weight is 495 g/mol. The summed E-state index contributed by atoms with van der Waals surface area (Å²) in [5.74, 6) is -3.70. The molecule has 0 unspecified atom stereocenters. The number of carbonyl (C=O) groups excluding carboxylic acids is 2. The summed E-state index contributed by atoms with van der Waals surface area (Å²) in [6.07, 6.45) is 0. The van der Waals surface area contributed by atoms with E-state index in [1.807, 2.05) is 0 Å². The molecule has 0 aromatic heterocycles. The van der Waals surface area contributed by atoms with Gasteiger partial charge in [0.1, 0.15) is 16.5 Å². The Hall–Kier alpha value is -2.27. The van der Waals surface area contributed by atoms with Gasteiger partial charge in [-0.3, -0.25) is 4.79 Å². The van der Waals surface area contributed by atoms with Crippen LogP contribution in [0.15, 0.2) is 35.2 Å². The fraction of sp³-hybridized carbons (Fsp3) is 0.263. The van der Waals surface area contributed by atoms with E-state index in [2.05, 4.69) is 10.0 Å². The van der Waals surface area contributed by atoms with Crippen molar-refractivity contribution in [3.63, 3.8) is 0 Å². The molecule has 2 aromatic carbocycles. The van der Waals surface area contributed by atoms with Gasteiger partial charge in [0, 0.05) is 12.6 Å². The van der Waals surface area contributed by atoms with Crippen LogP contribution >= 0.6 is 23.2 Å². The summed E-state index contributed by atoms with van der Waals surface area (Å²) in [7, 11) is -4.04. The van der Waals surface area contributed by atoms with Crippen molar-refractivity contribution in [2.75, 3.05) is 18.5 Å². The molecule has 0 saturated heterocycles. The zero-order valence-electron chi connectivity index (χ0n) is 16.3. The van der Waals surface area contributed by atoms with E-state index >= 15 is 0 Å². The maximum absolute atomic E-state index is 13.6. The molecule has 0 bridgehead atoms. The predicted octanol–water partition coefficient (Wildman–Crippen LogP) is 4.00. The number of halogens is 4. The number of rotatable bonds is 8.